The normalized spacial score (nSPS) is 12.4. The number of nitrogens with one attached hydrogen (secondary N) is 1. The first kappa shape index (κ1) is 23.5. The average Bonchev–Trinajstić information content (AvgIpc) is 2.76. The molecule has 0 heterocycles. The molecule has 0 aliphatic rings. The number of rotatable bonds is 8. The van der Waals surface area contributed by atoms with Crippen molar-refractivity contribution in [2.24, 2.45) is 0 Å². The maximum Gasteiger partial charge on any atom is 0.241 e. The first-order valence-electron chi connectivity index (χ1n) is 10.6. The van der Waals surface area contributed by atoms with Crippen LogP contribution in [0.5, 0.6) is 0 Å². The van der Waals surface area contributed by atoms with Crippen LogP contribution in [0, 0.1) is 6.92 Å². The Morgan fingerprint density at radius 3 is 1.91 bits per heavy atom. The van der Waals surface area contributed by atoms with Crippen LogP contribution in [0.2, 0.25) is 0 Å². The molecule has 5 nitrogen and oxygen atoms in total. The molecular weight excluding hydrogens is 420 g/mol. The van der Waals surface area contributed by atoms with E-state index < -0.39 is 10.0 Å². The van der Waals surface area contributed by atoms with Crippen molar-refractivity contribution < 1.29 is 13.2 Å². The highest BCUT2D eigenvalue weighted by molar-refractivity contribution is 7.92. The smallest absolute Gasteiger partial charge is 0.241 e. The van der Waals surface area contributed by atoms with Crippen molar-refractivity contribution in [2.45, 2.75) is 32.7 Å². The number of hydrogen-bond donors (Lipinski definition) is 1. The Morgan fingerprint density at radius 2 is 1.38 bits per heavy atom. The van der Waals surface area contributed by atoms with Gasteiger partial charge in [0.1, 0.15) is 6.54 Å². The summed E-state index contributed by atoms with van der Waals surface area (Å²) in [5, 5.41) is 3.03. The summed E-state index contributed by atoms with van der Waals surface area (Å²) in [7, 11) is -3.64. The molecule has 168 valence electrons. The van der Waals surface area contributed by atoms with Crippen molar-refractivity contribution in [3.05, 3.63) is 101 Å². The Hall–Kier alpha value is -3.12. The fourth-order valence-electron chi connectivity index (χ4n) is 3.53. The Bertz CT molecular complexity index is 1140. The number of carbonyl (C=O) groups excluding carboxylic acids is 1. The molecule has 32 heavy (non-hydrogen) atoms. The zero-order valence-electron chi connectivity index (χ0n) is 18.9. The van der Waals surface area contributed by atoms with E-state index >= 15 is 0 Å². The first-order chi connectivity index (χ1) is 15.1. The lowest BCUT2D eigenvalue weighted by Gasteiger charge is -2.25. The van der Waals surface area contributed by atoms with Gasteiger partial charge in [0.15, 0.2) is 0 Å². The van der Waals surface area contributed by atoms with Crippen molar-refractivity contribution in [1.29, 1.82) is 0 Å². The van der Waals surface area contributed by atoms with Gasteiger partial charge in [-0.15, -0.1) is 0 Å². The average molecular weight is 451 g/mol. The standard InChI is InChI=1S/C26H30N2O3S/c1-19(2)21-14-16-24(17-15-21)28(32(4,30)31)18-25(29)27-26(22-8-6-5-7-9-22)23-12-10-20(3)11-13-23/h5-17,19,26H,18H2,1-4H3,(H,27,29). The number of carbonyl (C=O) groups is 1. The van der Waals surface area contributed by atoms with Crippen molar-refractivity contribution in [2.75, 3.05) is 17.1 Å². The van der Waals surface area contributed by atoms with Gasteiger partial charge in [0.05, 0.1) is 18.0 Å². The van der Waals surface area contributed by atoms with Crippen LogP contribution in [0.4, 0.5) is 5.69 Å². The summed E-state index contributed by atoms with van der Waals surface area (Å²) in [6.45, 7) is 5.86. The van der Waals surface area contributed by atoms with Crippen LogP contribution in [-0.2, 0) is 14.8 Å². The molecule has 0 spiro atoms. The minimum atomic E-state index is -3.64. The van der Waals surface area contributed by atoms with Crippen LogP contribution in [0.25, 0.3) is 0 Å². The summed E-state index contributed by atoms with van der Waals surface area (Å²) in [6.07, 6.45) is 1.12. The van der Waals surface area contributed by atoms with Gasteiger partial charge < -0.3 is 5.32 Å². The van der Waals surface area contributed by atoms with E-state index in [-0.39, 0.29) is 18.5 Å². The van der Waals surface area contributed by atoms with Crippen molar-refractivity contribution in [3.63, 3.8) is 0 Å². The third-order valence-electron chi connectivity index (χ3n) is 5.38. The summed E-state index contributed by atoms with van der Waals surface area (Å²) in [4.78, 5) is 13.1. The quantitative estimate of drug-likeness (QED) is 0.537. The summed E-state index contributed by atoms with van der Waals surface area (Å²) in [5.41, 5.74) is 4.56. The van der Waals surface area contributed by atoms with E-state index in [2.05, 4.69) is 19.2 Å². The second-order valence-corrected chi connectivity index (χ2v) is 10.2. The lowest BCUT2D eigenvalue weighted by Crippen LogP contribution is -2.41. The molecule has 6 heteroatoms. The van der Waals surface area contributed by atoms with Gasteiger partial charge in [0.2, 0.25) is 15.9 Å². The zero-order chi connectivity index (χ0) is 23.3. The Kier molecular flexibility index (Phi) is 7.36. The molecule has 0 saturated heterocycles. The highest BCUT2D eigenvalue weighted by Gasteiger charge is 2.24. The minimum Gasteiger partial charge on any atom is -0.344 e. The predicted molar refractivity (Wildman–Crippen MR) is 130 cm³/mol. The van der Waals surface area contributed by atoms with Gasteiger partial charge in [-0.3, -0.25) is 9.10 Å². The summed E-state index contributed by atoms with van der Waals surface area (Å²) in [6, 6.07) is 24.5. The molecule has 0 aromatic heterocycles. The fraction of sp³-hybridized carbons (Fsp3) is 0.269. The van der Waals surface area contributed by atoms with Crippen LogP contribution in [0.15, 0.2) is 78.9 Å². The van der Waals surface area contributed by atoms with Crippen molar-refractivity contribution in [3.8, 4) is 0 Å². The molecule has 1 N–H and O–H groups in total. The van der Waals surface area contributed by atoms with Crippen LogP contribution in [0.1, 0.15) is 48.1 Å². The van der Waals surface area contributed by atoms with Crippen LogP contribution >= 0.6 is 0 Å². The number of hydrogen-bond acceptors (Lipinski definition) is 3. The van der Waals surface area contributed by atoms with Crippen LogP contribution in [0.3, 0.4) is 0 Å². The third-order valence-corrected chi connectivity index (χ3v) is 6.52. The summed E-state index contributed by atoms with van der Waals surface area (Å²) >= 11 is 0. The van der Waals surface area contributed by atoms with Crippen molar-refractivity contribution in [1.82, 2.24) is 5.32 Å². The van der Waals surface area contributed by atoms with E-state index in [4.69, 9.17) is 0 Å². The SMILES string of the molecule is Cc1ccc(C(NC(=O)CN(c2ccc(C(C)C)cc2)S(C)(=O)=O)c2ccccc2)cc1. The van der Waals surface area contributed by atoms with E-state index in [9.17, 15) is 13.2 Å². The first-order valence-corrected chi connectivity index (χ1v) is 12.5. The highest BCUT2D eigenvalue weighted by atomic mass is 32.2. The molecule has 0 radical (unpaired) electrons. The highest BCUT2D eigenvalue weighted by Crippen LogP contribution is 2.24. The van der Waals surface area contributed by atoms with E-state index in [1.165, 1.54) is 0 Å². The number of nitrogens with zero attached hydrogens (tertiary/aromatic N) is 1. The largest absolute Gasteiger partial charge is 0.344 e. The van der Waals surface area contributed by atoms with E-state index in [1.54, 1.807) is 12.1 Å². The number of anilines is 1. The maximum absolute atomic E-state index is 13.1. The number of benzene rings is 3. The van der Waals surface area contributed by atoms with Gasteiger partial charge in [-0.05, 0) is 41.7 Å². The Balaban J connectivity index is 1.86. The zero-order valence-corrected chi connectivity index (χ0v) is 19.8. The van der Waals surface area contributed by atoms with E-state index in [0.29, 0.717) is 11.6 Å². The molecule has 0 saturated carbocycles. The fourth-order valence-corrected chi connectivity index (χ4v) is 4.38. The molecule has 0 bridgehead atoms. The lowest BCUT2D eigenvalue weighted by molar-refractivity contribution is -0.120. The van der Waals surface area contributed by atoms with Gasteiger partial charge in [-0.2, -0.15) is 0 Å². The van der Waals surface area contributed by atoms with Crippen molar-refractivity contribution >= 4 is 21.6 Å². The second kappa shape index (κ2) is 10.0. The summed E-state index contributed by atoms with van der Waals surface area (Å²) < 4.78 is 26.1. The van der Waals surface area contributed by atoms with Gasteiger partial charge in [-0.25, -0.2) is 8.42 Å². The molecule has 0 aliphatic carbocycles. The molecule has 3 aromatic carbocycles. The molecule has 1 amide bonds. The van der Waals surface area contributed by atoms with Crippen LogP contribution in [-0.4, -0.2) is 27.1 Å². The van der Waals surface area contributed by atoms with E-state index in [0.717, 1.165) is 32.8 Å². The molecule has 0 aliphatic heterocycles. The Labute approximate surface area is 191 Å². The minimum absolute atomic E-state index is 0.297. The predicted octanol–water partition coefficient (Wildman–Crippen LogP) is 4.79. The summed E-state index contributed by atoms with van der Waals surface area (Å²) in [5.74, 6) is -0.0436. The molecule has 3 aromatic rings. The molecule has 1 atom stereocenters. The maximum atomic E-state index is 13.1. The second-order valence-electron chi connectivity index (χ2n) is 8.34. The molecule has 3 rings (SSSR count). The van der Waals surface area contributed by atoms with Gasteiger partial charge in [-0.1, -0.05) is 86.1 Å². The molecular formula is C26H30N2O3S. The number of aryl methyl sites for hydroxylation is 1. The Morgan fingerprint density at radius 1 is 0.844 bits per heavy atom. The molecule has 0 fully saturated rings. The lowest BCUT2D eigenvalue weighted by atomic mass is 9.98. The van der Waals surface area contributed by atoms with Gasteiger partial charge in [0.25, 0.3) is 0 Å². The van der Waals surface area contributed by atoms with Gasteiger partial charge in [0, 0.05) is 0 Å². The van der Waals surface area contributed by atoms with Crippen LogP contribution < -0.4 is 9.62 Å². The van der Waals surface area contributed by atoms with E-state index in [1.807, 2.05) is 73.7 Å². The monoisotopic (exact) mass is 450 g/mol. The number of sulfonamides is 1. The number of amides is 1. The molecule has 1 unspecified atom stereocenters. The third kappa shape index (κ3) is 5.98. The topological polar surface area (TPSA) is 66.5 Å². The van der Waals surface area contributed by atoms with Gasteiger partial charge >= 0.3 is 0 Å².